The molecule has 0 aliphatic carbocycles. The molecule has 92 valence electrons. The molecule has 0 amide bonds. The van der Waals surface area contributed by atoms with Crippen LogP contribution in [0, 0.1) is 5.82 Å². The van der Waals surface area contributed by atoms with E-state index in [1.807, 2.05) is 0 Å². The standard InChI is InChI=1S/C13H8Cl2FNO/c14-9-5-8(13(18)12(15)6-9)7-17-11-3-1-10(16)2-4-11/h1-7,18H. The van der Waals surface area contributed by atoms with Crippen molar-refractivity contribution in [2.45, 2.75) is 0 Å². The maximum Gasteiger partial charge on any atom is 0.143 e. The van der Waals surface area contributed by atoms with E-state index < -0.39 is 0 Å². The molecule has 0 saturated heterocycles. The van der Waals surface area contributed by atoms with Crippen molar-refractivity contribution in [1.29, 1.82) is 0 Å². The Morgan fingerprint density at radius 2 is 1.78 bits per heavy atom. The van der Waals surface area contributed by atoms with E-state index in [1.54, 1.807) is 0 Å². The summed E-state index contributed by atoms with van der Waals surface area (Å²) in [6, 6.07) is 8.63. The summed E-state index contributed by atoms with van der Waals surface area (Å²) in [7, 11) is 0. The zero-order valence-electron chi connectivity index (χ0n) is 9.07. The number of aromatic hydroxyl groups is 1. The molecule has 0 aliphatic heterocycles. The summed E-state index contributed by atoms with van der Waals surface area (Å²) in [4.78, 5) is 4.09. The van der Waals surface area contributed by atoms with Gasteiger partial charge in [-0.2, -0.15) is 0 Å². The number of halogens is 3. The van der Waals surface area contributed by atoms with Gasteiger partial charge in [-0.25, -0.2) is 4.39 Å². The van der Waals surface area contributed by atoms with E-state index in [4.69, 9.17) is 23.2 Å². The smallest absolute Gasteiger partial charge is 0.143 e. The van der Waals surface area contributed by atoms with Gasteiger partial charge in [0.15, 0.2) is 0 Å². The molecule has 2 aromatic rings. The molecule has 1 N–H and O–H groups in total. The number of phenols is 1. The summed E-state index contributed by atoms with van der Waals surface area (Å²) in [6.07, 6.45) is 1.42. The molecule has 0 heterocycles. The number of nitrogens with zero attached hydrogens (tertiary/aromatic N) is 1. The van der Waals surface area contributed by atoms with Crippen LogP contribution in [0.15, 0.2) is 41.4 Å². The zero-order valence-corrected chi connectivity index (χ0v) is 10.6. The highest BCUT2D eigenvalue weighted by Crippen LogP contribution is 2.30. The fourth-order valence-corrected chi connectivity index (χ4v) is 1.86. The first-order chi connectivity index (χ1) is 8.56. The van der Waals surface area contributed by atoms with Gasteiger partial charge in [-0.1, -0.05) is 23.2 Å². The Hall–Kier alpha value is -1.58. The highest BCUT2D eigenvalue weighted by molar-refractivity contribution is 6.36. The van der Waals surface area contributed by atoms with E-state index in [0.29, 0.717) is 16.3 Å². The Bertz CT molecular complexity index is 597. The molecule has 18 heavy (non-hydrogen) atoms. The Labute approximate surface area is 113 Å². The maximum atomic E-state index is 12.7. The van der Waals surface area contributed by atoms with Gasteiger partial charge in [-0.3, -0.25) is 4.99 Å². The average molecular weight is 284 g/mol. The van der Waals surface area contributed by atoms with Crippen LogP contribution in [-0.4, -0.2) is 11.3 Å². The maximum absolute atomic E-state index is 12.7. The predicted octanol–water partition coefficient (Wildman–Crippen LogP) is 4.59. The SMILES string of the molecule is Oc1c(Cl)cc(Cl)cc1C=Nc1ccc(F)cc1. The molecule has 0 aliphatic rings. The van der Waals surface area contributed by atoms with E-state index in [1.165, 1.54) is 42.6 Å². The molecule has 0 spiro atoms. The minimum Gasteiger partial charge on any atom is -0.506 e. The van der Waals surface area contributed by atoms with Crippen LogP contribution in [-0.2, 0) is 0 Å². The van der Waals surface area contributed by atoms with Crippen molar-refractivity contribution in [2.24, 2.45) is 4.99 Å². The normalized spacial score (nSPS) is 11.1. The molecule has 0 unspecified atom stereocenters. The average Bonchev–Trinajstić information content (AvgIpc) is 2.34. The van der Waals surface area contributed by atoms with Gasteiger partial charge in [-0.05, 0) is 36.4 Å². The van der Waals surface area contributed by atoms with Crippen molar-refractivity contribution in [1.82, 2.24) is 0 Å². The third kappa shape index (κ3) is 3.00. The molecule has 0 saturated carbocycles. The number of phenolic OH excluding ortho intramolecular Hbond substituents is 1. The van der Waals surface area contributed by atoms with Gasteiger partial charge in [0.25, 0.3) is 0 Å². The highest BCUT2D eigenvalue weighted by atomic mass is 35.5. The number of rotatable bonds is 2. The van der Waals surface area contributed by atoms with Crippen LogP contribution in [0.1, 0.15) is 5.56 Å². The van der Waals surface area contributed by atoms with Crippen molar-refractivity contribution in [3.8, 4) is 5.75 Å². The largest absolute Gasteiger partial charge is 0.506 e. The third-order valence-corrected chi connectivity index (χ3v) is 2.74. The van der Waals surface area contributed by atoms with Gasteiger partial charge in [0, 0.05) is 16.8 Å². The summed E-state index contributed by atoms with van der Waals surface area (Å²) in [6.45, 7) is 0. The summed E-state index contributed by atoms with van der Waals surface area (Å²) in [5.41, 5.74) is 0.962. The van der Waals surface area contributed by atoms with Crippen LogP contribution in [0.4, 0.5) is 10.1 Å². The first-order valence-corrected chi connectivity index (χ1v) is 5.79. The monoisotopic (exact) mass is 283 g/mol. The molecule has 0 fully saturated rings. The van der Waals surface area contributed by atoms with Gasteiger partial charge in [0.2, 0.25) is 0 Å². The first-order valence-electron chi connectivity index (χ1n) is 5.04. The fraction of sp³-hybridized carbons (Fsp3) is 0. The molecule has 0 bridgehead atoms. The van der Waals surface area contributed by atoms with Crippen molar-refractivity contribution in [3.63, 3.8) is 0 Å². The molecule has 2 aromatic carbocycles. The lowest BCUT2D eigenvalue weighted by atomic mass is 10.2. The van der Waals surface area contributed by atoms with E-state index >= 15 is 0 Å². The minimum atomic E-state index is -0.331. The topological polar surface area (TPSA) is 32.6 Å². The van der Waals surface area contributed by atoms with Crippen molar-refractivity contribution >= 4 is 35.1 Å². The highest BCUT2D eigenvalue weighted by Gasteiger charge is 2.05. The van der Waals surface area contributed by atoms with Gasteiger partial charge in [0.05, 0.1) is 10.7 Å². The van der Waals surface area contributed by atoms with Gasteiger partial charge in [0.1, 0.15) is 11.6 Å². The van der Waals surface area contributed by atoms with Crippen molar-refractivity contribution in [3.05, 3.63) is 57.8 Å². The third-order valence-electron chi connectivity index (χ3n) is 2.24. The van der Waals surface area contributed by atoms with Gasteiger partial charge >= 0.3 is 0 Å². The van der Waals surface area contributed by atoms with Crippen LogP contribution in [0.5, 0.6) is 5.75 Å². The Balaban J connectivity index is 2.31. The number of hydrogen-bond acceptors (Lipinski definition) is 2. The van der Waals surface area contributed by atoms with E-state index in [0.717, 1.165) is 0 Å². The second-order valence-corrected chi connectivity index (χ2v) is 4.40. The molecule has 2 rings (SSSR count). The first kappa shape index (κ1) is 12.9. The van der Waals surface area contributed by atoms with Crippen LogP contribution in [0.2, 0.25) is 10.0 Å². The molecule has 0 atom stereocenters. The summed E-state index contributed by atoms with van der Waals surface area (Å²) < 4.78 is 12.7. The van der Waals surface area contributed by atoms with Gasteiger partial charge < -0.3 is 5.11 Å². The van der Waals surface area contributed by atoms with E-state index in [-0.39, 0.29) is 16.6 Å². The number of benzene rings is 2. The van der Waals surface area contributed by atoms with E-state index in [9.17, 15) is 9.50 Å². The molecular weight excluding hydrogens is 276 g/mol. The van der Waals surface area contributed by atoms with Crippen LogP contribution in [0.3, 0.4) is 0 Å². The van der Waals surface area contributed by atoms with Crippen molar-refractivity contribution in [2.75, 3.05) is 0 Å². The lowest BCUT2D eigenvalue weighted by Gasteiger charge is -2.02. The second-order valence-electron chi connectivity index (χ2n) is 3.56. The quantitative estimate of drug-likeness (QED) is 0.804. The Morgan fingerprint density at radius 1 is 1.11 bits per heavy atom. The zero-order chi connectivity index (χ0) is 13.1. The molecule has 0 aromatic heterocycles. The Morgan fingerprint density at radius 3 is 2.44 bits per heavy atom. The fourth-order valence-electron chi connectivity index (χ4n) is 1.36. The predicted molar refractivity (Wildman–Crippen MR) is 71.8 cm³/mol. The van der Waals surface area contributed by atoms with Crippen LogP contribution < -0.4 is 0 Å². The number of aliphatic imine (C=N–C) groups is 1. The summed E-state index contributed by atoms with van der Waals surface area (Å²) in [5.74, 6) is -0.422. The van der Waals surface area contributed by atoms with E-state index in [2.05, 4.69) is 4.99 Å². The molecule has 0 radical (unpaired) electrons. The minimum absolute atomic E-state index is 0.0908. The van der Waals surface area contributed by atoms with Gasteiger partial charge in [-0.15, -0.1) is 0 Å². The molecule has 2 nitrogen and oxygen atoms in total. The summed E-state index contributed by atoms with van der Waals surface area (Å²) in [5, 5.41) is 10.3. The lowest BCUT2D eigenvalue weighted by molar-refractivity contribution is 0.475. The van der Waals surface area contributed by atoms with Crippen molar-refractivity contribution < 1.29 is 9.50 Å². The Kier molecular flexibility index (Phi) is 3.84. The number of hydrogen-bond donors (Lipinski definition) is 1. The summed E-state index contributed by atoms with van der Waals surface area (Å²) >= 11 is 11.6. The second kappa shape index (κ2) is 5.38. The molecule has 5 heteroatoms. The van der Waals surface area contributed by atoms with Crippen LogP contribution in [0.25, 0.3) is 0 Å². The lowest BCUT2D eigenvalue weighted by Crippen LogP contribution is -1.84. The molecular formula is C13H8Cl2FNO. The van der Waals surface area contributed by atoms with Crippen LogP contribution >= 0.6 is 23.2 Å².